The Labute approximate surface area is 110 Å². The average molecular weight is 266 g/mol. The number of amidine groups is 1. The van der Waals surface area contributed by atoms with Gasteiger partial charge < -0.3 is 5.32 Å². The minimum atomic E-state index is -0.258. The Morgan fingerprint density at radius 3 is 2.94 bits per heavy atom. The third-order valence-electron chi connectivity index (χ3n) is 2.64. The van der Waals surface area contributed by atoms with Crippen LogP contribution in [0.1, 0.15) is 19.8 Å². The standard InChI is InChI=1S/C13H15FN2OS/c1-2-5-10-13(17)16-12(15-10)8-18-11-7-4-3-6-9(11)14/h3-4,6-7,10H,2,5,8H2,1H3,(H,15,16,17). The van der Waals surface area contributed by atoms with E-state index in [9.17, 15) is 9.18 Å². The van der Waals surface area contributed by atoms with Crippen molar-refractivity contribution in [2.24, 2.45) is 4.99 Å². The zero-order chi connectivity index (χ0) is 13.0. The van der Waals surface area contributed by atoms with Gasteiger partial charge in [0, 0.05) is 4.90 Å². The van der Waals surface area contributed by atoms with E-state index in [4.69, 9.17) is 0 Å². The smallest absolute Gasteiger partial charge is 0.250 e. The van der Waals surface area contributed by atoms with Crippen molar-refractivity contribution in [3.8, 4) is 0 Å². The number of aliphatic imine (C=N–C) groups is 1. The lowest BCUT2D eigenvalue weighted by molar-refractivity contribution is -0.120. The first-order valence-electron chi connectivity index (χ1n) is 5.95. The monoisotopic (exact) mass is 266 g/mol. The minimum absolute atomic E-state index is 0.0408. The molecule has 1 aromatic rings. The number of thioether (sulfide) groups is 1. The van der Waals surface area contributed by atoms with E-state index < -0.39 is 0 Å². The van der Waals surface area contributed by atoms with Gasteiger partial charge in [-0.25, -0.2) is 4.39 Å². The average Bonchev–Trinajstić information content (AvgIpc) is 2.70. The van der Waals surface area contributed by atoms with Crippen molar-refractivity contribution in [2.45, 2.75) is 30.7 Å². The van der Waals surface area contributed by atoms with Crippen LogP contribution in [0.4, 0.5) is 4.39 Å². The molecule has 2 rings (SSSR count). The molecule has 1 aliphatic rings. The van der Waals surface area contributed by atoms with E-state index in [0.717, 1.165) is 12.8 Å². The van der Waals surface area contributed by atoms with Crippen molar-refractivity contribution >= 4 is 23.5 Å². The summed E-state index contributed by atoms with van der Waals surface area (Å²) < 4.78 is 13.4. The fourth-order valence-electron chi connectivity index (χ4n) is 1.75. The highest BCUT2D eigenvalue weighted by molar-refractivity contribution is 8.00. The summed E-state index contributed by atoms with van der Waals surface area (Å²) in [5.74, 6) is 0.859. The Morgan fingerprint density at radius 1 is 1.44 bits per heavy atom. The molecule has 1 unspecified atom stereocenters. The first-order chi connectivity index (χ1) is 8.70. The van der Waals surface area contributed by atoms with Crippen molar-refractivity contribution in [3.05, 3.63) is 30.1 Å². The predicted molar refractivity (Wildman–Crippen MR) is 71.4 cm³/mol. The Bertz CT molecular complexity index is 476. The molecule has 1 amide bonds. The van der Waals surface area contributed by atoms with Gasteiger partial charge in [-0.15, -0.1) is 11.8 Å². The highest BCUT2D eigenvalue weighted by Crippen LogP contribution is 2.22. The highest BCUT2D eigenvalue weighted by atomic mass is 32.2. The summed E-state index contributed by atoms with van der Waals surface area (Å²) in [7, 11) is 0. The second kappa shape index (κ2) is 6.00. The third kappa shape index (κ3) is 3.10. The Morgan fingerprint density at radius 2 is 2.22 bits per heavy atom. The molecule has 0 bridgehead atoms. The summed E-state index contributed by atoms with van der Waals surface area (Å²) in [5.41, 5.74) is 0. The van der Waals surface area contributed by atoms with Crippen LogP contribution in [0.25, 0.3) is 0 Å². The summed E-state index contributed by atoms with van der Waals surface area (Å²) >= 11 is 1.35. The van der Waals surface area contributed by atoms with E-state index in [1.807, 2.05) is 6.92 Å². The molecule has 5 heteroatoms. The Balaban J connectivity index is 1.94. The Hall–Kier alpha value is -1.36. The molecule has 0 spiro atoms. The molecule has 1 aliphatic heterocycles. The zero-order valence-electron chi connectivity index (χ0n) is 10.1. The lowest BCUT2D eigenvalue weighted by Crippen LogP contribution is -2.29. The van der Waals surface area contributed by atoms with E-state index in [0.29, 0.717) is 16.5 Å². The van der Waals surface area contributed by atoms with Gasteiger partial charge in [-0.1, -0.05) is 25.5 Å². The van der Waals surface area contributed by atoms with Gasteiger partial charge in [0.1, 0.15) is 17.7 Å². The van der Waals surface area contributed by atoms with Crippen LogP contribution in [0.5, 0.6) is 0 Å². The van der Waals surface area contributed by atoms with E-state index in [1.165, 1.54) is 17.8 Å². The molecule has 18 heavy (non-hydrogen) atoms. The molecule has 0 aromatic heterocycles. The number of nitrogens with zero attached hydrogens (tertiary/aromatic N) is 1. The maximum atomic E-state index is 13.4. The van der Waals surface area contributed by atoms with Crippen LogP contribution < -0.4 is 5.32 Å². The maximum absolute atomic E-state index is 13.4. The first kappa shape index (κ1) is 13.1. The van der Waals surface area contributed by atoms with Crippen LogP contribution in [-0.2, 0) is 4.79 Å². The van der Waals surface area contributed by atoms with E-state index in [2.05, 4.69) is 10.3 Å². The maximum Gasteiger partial charge on any atom is 0.250 e. The highest BCUT2D eigenvalue weighted by Gasteiger charge is 2.25. The number of nitrogens with one attached hydrogen (secondary N) is 1. The fraction of sp³-hybridized carbons (Fsp3) is 0.385. The number of benzene rings is 1. The number of amides is 1. The summed E-state index contributed by atoms with van der Waals surface area (Å²) in [4.78, 5) is 16.4. The molecule has 1 N–H and O–H groups in total. The van der Waals surface area contributed by atoms with E-state index in [-0.39, 0.29) is 17.8 Å². The molecule has 1 atom stereocenters. The molecule has 96 valence electrons. The summed E-state index contributed by atoms with van der Waals surface area (Å²) in [5, 5.41) is 2.75. The molecular weight excluding hydrogens is 251 g/mol. The summed E-state index contributed by atoms with van der Waals surface area (Å²) in [6.45, 7) is 2.02. The molecule has 3 nitrogen and oxygen atoms in total. The predicted octanol–water partition coefficient (Wildman–Crippen LogP) is 2.61. The molecule has 0 saturated carbocycles. The number of hydrogen-bond acceptors (Lipinski definition) is 3. The molecule has 0 fully saturated rings. The lowest BCUT2D eigenvalue weighted by Gasteiger charge is -2.02. The van der Waals surface area contributed by atoms with Crippen LogP contribution in [0.15, 0.2) is 34.2 Å². The molecular formula is C13H15FN2OS. The van der Waals surface area contributed by atoms with E-state index in [1.54, 1.807) is 18.2 Å². The number of hydrogen-bond donors (Lipinski definition) is 1. The number of halogens is 1. The second-order valence-corrected chi connectivity index (χ2v) is 5.11. The SMILES string of the molecule is CCCC1N=C(CSc2ccccc2F)NC1=O. The van der Waals surface area contributed by atoms with Crippen LogP contribution in [-0.4, -0.2) is 23.5 Å². The summed E-state index contributed by atoms with van der Waals surface area (Å²) in [6.07, 6.45) is 1.69. The van der Waals surface area contributed by atoms with Crippen LogP contribution in [0.3, 0.4) is 0 Å². The van der Waals surface area contributed by atoms with Crippen molar-refractivity contribution in [1.82, 2.24) is 5.32 Å². The number of carbonyl (C=O) groups is 1. The molecule has 1 aromatic carbocycles. The van der Waals surface area contributed by atoms with E-state index >= 15 is 0 Å². The number of rotatable bonds is 5. The minimum Gasteiger partial charge on any atom is -0.312 e. The van der Waals surface area contributed by atoms with Gasteiger partial charge in [-0.2, -0.15) is 0 Å². The van der Waals surface area contributed by atoms with Gasteiger partial charge in [0.25, 0.3) is 0 Å². The lowest BCUT2D eigenvalue weighted by atomic mass is 10.2. The van der Waals surface area contributed by atoms with Crippen molar-refractivity contribution in [2.75, 3.05) is 5.75 Å². The van der Waals surface area contributed by atoms with Gasteiger partial charge >= 0.3 is 0 Å². The Kier molecular flexibility index (Phi) is 4.36. The zero-order valence-corrected chi connectivity index (χ0v) is 11.0. The van der Waals surface area contributed by atoms with Crippen molar-refractivity contribution < 1.29 is 9.18 Å². The third-order valence-corrected chi connectivity index (χ3v) is 3.70. The normalized spacial score (nSPS) is 18.7. The van der Waals surface area contributed by atoms with Crippen LogP contribution in [0, 0.1) is 5.82 Å². The molecule has 0 radical (unpaired) electrons. The van der Waals surface area contributed by atoms with Crippen molar-refractivity contribution in [1.29, 1.82) is 0 Å². The van der Waals surface area contributed by atoms with Crippen LogP contribution >= 0.6 is 11.8 Å². The molecule has 0 saturated heterocycles. The second-order valence-electron chi connectivity index (χ2n) is 4.09. The molecule has 0 aliphatic carbocycles. The van der Waals surface area contributed by atoms with Crippen LogP contribution in [0.2, 0.25) is 0 Å². The van der Waals surface area contributed by atoms with Gasteiger partial charge in [0.15, 0.2) is 0 Å². The van der Waals surface area contributed by atoms with Crippen molar-refractivity contribution in [3.63, 3.8) is 0 Å². The molecule has 1 heterocycles. The largest absolute Gasteiger partial charge is 0.312 e. The van der Waals surface area contributed by atoms with Gasteiger partial charge in [0.05, 0.1) is 5.75 Å². The quantitative estimate of drug-likeness (QED) is 0.832. The topological polar surface area (TPSA) is 41.5 Å². The van der Waals surface area contributed by atoms with Gasteiger partial charge in [-0.3, -0.25) is 9.79 Å². The van der Waals surface area contributed by atoms with Gasteiger partial charge in [-0.05, 0) is 18.6 Å². The van der Waals surface area contributed by atoms with Gasteiger partial charge in [0.2, 0.25) is 5.91 Å². The first-order valence-corrected chi connectivity index (χ1v) is 6.94. The summed E-state index contributed by atoms with van der Waals surface area (Å²) in [6, 6.07) is 6.34. The number of carbonyl (C=O) groups excluding carboxylic acids is 1. The fourth-order valence-corrected chi connectivity index (χ4v) is 2.57.